The number of oxazole rings is 1. The fourth-order valence-corrected chi connectivity index (χ4v) is 2.52. The van der Waals surface area contributed by atoms with Crippen LogP contribution in [0.15, 0.2) is 22.6 Å². The molecule has 5 heteroatoms. The van der Waals surface area contributed by atoms with Crippen molar-refractivity contribution in [2.24, 2.45) is 0 Å². The summed E-state index contributed by atoms with van der Waals surface area (Å²) in [5, 5.41) is 0. The Bertz CT molecular complexity index is 661. The van der Waals surface area contributed by atoms with Crippen molar-refractivity contribution in [2.75, 3.05) is 17.2 Å². The molecule has 1 aliphatic heterocycles. The van der Waals surface area contributed by atoms with Crippen LogP contribution in [0.2, 0.25) is 0 Å². The van der Waals surface area contributed by atoms with Crippen molar-refractivity contribution in [3.8, 4) is 0 Å². The number of nitrogen functional groups attached to an aromatic ring is 1. The predicted octanol–water partition coefficient (Wildman–Crippen LogP) is 2.08. The van der Waals surface area contributed by atoms with Gasteiger partial charge in [-0.05, 0) is 25.5 Å². The third-order valence-corrected chi connectivity index (χ3v) is 3.41. The Hall–Kier alpha value is -2.30. The smallest absolute Gasteiger partial charge is 0.296 e. The number of anilines is 2. The van der Waals surface area contributed by atoms with Gasteiger partial charge in [0, 0.05) is 30.4 Å². The molecule has 0 spiro atoms. The first-order chi connectivity index (χ1) is 9.08. The van der Waals surface area contributed by atoms with Gasteiger partial charge in [-0.1, -0.05) is 6.07 Å². The number of rotatable bonds is 1. The van der Waals surface area contributed by atoms with Gasteiger partial charge in [-0.25, -0.2) is 4.98 Å². The van der Waals surface area contributed by atoms with Crippen LogP contribution in [-0.2, 0) is 6.42 Å². The molecule has 0 saturated heterocycles. The molecule has 1 aromatic carbocycles. The van der Waals surface area contributed by atoms with Gasteiger partial charge in [0.2, 0.25) is 5.76 Å². The van der Waals surface area contributed by atoms with Gasteiger partial charge in [0.05, 0.1) is 5.69 Å². The lowest BCUT2D eigenvalue weighted by Gasteiger charge is -2.16. The number of carbonyl (C=O) groups excluding carboxylic acids is 1. The maximum absolute atomic E-state index is 12.5. The van der Waals surface area contributed by atoms with Crippen molar-refractivity contribution in [3.05, 3.63) is 41.1 Å². The van der Waals surface area contributed by atoms with Gasteiger partial charge in [-0.2, -0.15) is 0 Å². The van der Waals surface area contributed by atoms with E-state index in [1.165, 1.54) is 0 Å². The maximum atomic E-state index is 12.5. The topological polar surface area (TPSA) is 72.4 Å². The van der Waals surface area contributed by atoms with Gasteiger partial charge in [-0.15, -0.1) is 0 Å². The van der Waals surface area contributed by atoms with Crippen LogP contribution in [0.3, 0.4) is 0 Å². The molecule has 0 aliphatic carbocycles. The average Bonchev–Trinajstić information content (AvgIpc) is 2.93. The van der Waals surface area contributed by atoms with Crippen molar-refractivity contribution in [1.29, 1.82) is 0 Å². The lowest BCUT2D eigenvalue weighted by atomic mass is 10.1. The number of carbonyl (C=O) groups is 1. The number of amides is 1. The first-order valence-corrected chi connectivity index (χ1v) is 6.21. The molecule has 5 nitrogen and oxygen atoms in total. The number of hydrogen-bond donors (Lipinski definition) is 1. The molecule has 0 saturated carbocycles. The molecular formula is C14H15N3O2. The van der Waals surface area contributed by atoms with E-state index in [0.29, 0.717) is 23.9 Å². The Labute approximate surface area is 111 Å². The van der Waals surface area contributed by atoms with Crippen LogP contribution >= 0.6 is 0 Å². The number of nitrogens with zero attached hydrogens (tertiary/aromatic N) is 2. The van der Waals surface area contributed by atoms with E-state index in [-0.39, 0.29) is 5.91 Å². The summed E-state index contributed by atoms with van der Waals surface area (Å²) in [4.78, 5) is 18.4. The molecule has 0 atom stereocenters. The number of aromatic nitrogens is 1. The third-order valence-electron chi connectivity index (χ3n) is 3.41. The van der Waals surface area contributed by atoms with Crippen molar-refractivity contribution in [1.82, 2.24) is 4.98 Å². The molecule has 0 unspecified atom stereocenters. The van der Waals surface area contributed by atoms with Crippen LogP contribution < -0.4 is 10.6 Å². The molecule has 98 valence electrons. The molecule has 19 heavy (non-hydrogen) atoms. The summed E-state index contributed by atoms with van der Waals surface area (Å²) in [5.74, 6) is 0.670. The van der Waals surface area contributed by atoms with Crippen LogP contribution in [0.5, 0.6) is 0 Å². The molecular weight excluding hydrogens is 242 g/mol. The Morgan fingerprint density at radius 3 is 2.89 bits per heavy atom. The Kier molecular flexibility index (Phi) is 2.55. The zero-order valence-electron chi connectivity index (χ0n) is 10.9. The van der Waals surface area contributed by atoms with Gasteiger partial charge in [0.1, 0.15) is 0 Å². The van der Waals surface area contributed by atoms with Gasteiger partial charge in [0.15, 0.2) is 5.89 Å². The number of fused-ring (bicyclic) bond motifs is 1. The van der Waals surface area contributed by atoms with Crippen molar-refractivity contribution >= 4 is 17.3 Å². The summed E-state index contributed by atoms with van der Waals surface area (Å²) in [6, 6.07) is 5.63. The lowest BCUT2D eigenvalue weighted by Crippen LogP contribution is -2.29. The second-order valence-corrected chi connectivity index (χ2v) is 4.70. The zero-order chi connectivity index (χ0) is 13.6. The van der Waals surface area contributed by atoms with Crippen molar-refractivity contribution < 1.29 is 9.21 Å². The summed E-state index contributed by atoms with van der Waals surface area (Å²) < 4.78 is 5.40. The van der Waals surface area contributed by atoms with E-state index in [9.17, 15) is 4.79 Å². The van der Waals surface area contributed by atoms with E-state index in [0.717, 1.165) is 23.4 Å². The highest BCUT2D eigenvalue weighted by molar-refractivity contribution is 6.06. The second kappa shape index (κ2) is 4.12. The molecule has 2 N–H and O–H groups in total. The first-order valence-electron chi connectivity index (χ1n) is 6.21. The van der Waals surface area contributed by atoms with Crippen LogP contribution in [0.25, 0.3) is 0 Å². The fourth-order valence-electron chi connectivity index (χ4n) is 2.52. The summed E-state index contributed by atoms with van der Waals surface area (Å²) in [6.45, 7) is 4.14. The normalized spacial score (nSPS) is 13.7. The minimum atomic E-state index is -0.151. The third kappa shape index (κ3) is 1.78. The highest BCUT2D eigenvalue weighted by Crippen LogP contribution is 2.33. The number of nitrogens with two attached hydrogens (primary N) is 1. The van der Waals surface area contributed by atoms with Crippen molar-refractivity contribution in [3.63, 3.8) is 0 Å². The highest BCUT2D eigenvalue weighted by Gasteiger charge is 2.30. The van der Waals surface area contributed by atoms with E-state index >= 15 is 0 Å². The summed E-state index contributed by atoms with van der Waals surface area (Å²) in [6.07, 6.45) is 0.778. The predicted molar refractivity (Wildman–Crippen MR) is 72.2 cm³/mol. The number of aryl methyl sites for hydroxylation is 2. The molecule has 3 rings (SSSR count). The quantitative estimate of drug-likeness (QED) is 0.794. The number of hydrogen-bond acceptors (Lipinski definition) is 4. The van der Waals surface area contributed by atoms with Gasteiger partial charge < -0.3 is 15.1 Å². The zero-order valence-corrected chi connectivity index (χ0v) is 10.9. The maximum Gasteiger partial charge on any atom is 0.296 e. The Morgan fingerprint density at radius 2 is 2.21 bits per heavy atom. The first kappa shape index (κ1) is 11.8. The molecule has 2 aromatic rings. The minimum absolute atomic E-state index is 0.151. The van der Waals surface area contributed by atoms with Gasteiger partial charge in [-0.3, -0.25) is 4.79 Å². The van der Waals surface area contributed by atoms with E-state index in [2.05, 4.69) is 4.98 Å². The van der Waals surface area contributed by atoms with E-state index in [4.69, 9.17) is 10.2 Å². The monoisotopic (exact) mass is 257 g/mol. The average molecular weight is 257 g/mol. The summed E-state index contributed by atoms with van der Waals surface area (Å²) in [7, 11) is 0. The van der Waals surface area contributed by atoms with E-state index < -0.39 is 0 Å². The van der Waals surface area contributed by atoms with E-state index in [1.54, 1.807) is 18.7 Å². The highest BCUT2D eigenvalue weighted by atomic mass is 16.4. The number of benzene rings is 1. The molecule has 0 bridgehead atoms. The Balaban J connectivity index is 2.00. The molecule has 0 radical (unpaired) electrons. The van der Waals surface area contributed by atoms with Crippen molar-refractivity contribution in [2.45, 2.75) is 20.3 Å². The lowest BCUT2D eigenvalue weighted by molar-refractivity contribution is 0.0960. The SMILES string of the molecule is Cc1nc(C)c(C(=O)N2CCc3c(N)cccc32)o1. The molecule has 2 heterocycles. The Morgan fingerprint density at radius 1 is 1.42 bits per heavy atom. The molecule has 1 aromatic heterocycles. The van der Waals surface area contributed by atoms with E-state index in [1.807, 2.05) is 18.2 Å². The van der Waals surface area contributed by atoms with Gasteiger partial charge >= 0.3 is 0 Å². The fraction of sp³-hybridized carbons (Fsp3) is 0.286. The largest absolute Gasteiger partial charge is 0.436 e. The standard InChI is InChI=1S/C14H15N3O2/c1-8-13(19-9(2)16-8)14(18)17-7-6-10-11(15)4-3-5-12(10)17/h3-5H,6-7,15H2,1-2H3. The summed E-state index contributed by atoms with van der Waals surface area (Å²) >= 11 is 0. The molecule has 0 fully saturated rings. The van der Waals surface area contributed by atoms with Crippen LogP contribution in [0.4, 0.5) is 11.4 Å². The molecule has 1 aliphatic rings. The van der Waals surface area contributed by atoms with Crippen LogP contribution in [0, 0.1) is 13.8 Å². The second-order valence-electron chi connectivity index (χ2n) is 4.70. The minimum Gasteiger partial charge on any atom is -0.436 e. The van der Waals surface area contributed by atoms with Crippen LogP contribution in [0.1, 0.15) is 27.7 Å². The molecule has 1 amide bonds. The van der Waals surface area contributed by atoms with Crippen LogP contribution in [-0.4, -0.2) is 17.4 Å². The summed E-state index contributed by atoms with van der Waals surface area (Å²) in [5.41, 5.74) is 9.20. The van der Waals surface area contributed by atoms with Gasteiger partial charge in [0.25, 0.3) is 5.91 Å².